The Hall–Kier alpha value is -1.62. The Balaban J connectivity index is 2.36. The third-order valence-corrected chi connectivity index (χ3v) is 2.48. The predicted molar refractivity (Wildman–Crippen MR) is 68.9 cm³/mol. The van der Waals surface area contributed by atoms with Crippen LogP contribution >= 0.6 is 0 Å². The molecule has 0 heterocycles. The van der Waals surface area contributed by atoms with Gasteiger partial charge in [-0.1, -0.05) is 19.1 Å². The van der Waals surface area contributed by atoms with Crippen molar-refractivity contribution >= 4 is 11.7 Å². The molecule has 1 rings (SSSR count). The highest BCUT2D eigenvalue weighted by molar-refractivity contribution is 5.89. The minimum Gasteiger partial charge on any atom is -0.393 e. The molecular formula is C13H19FN2O2. The van der Waals surface area contributed by atoms with Crippen molar-refractivity contribution in [2.75, 3.05) is 11.9 Å². The van der Waals surface area contributed by atoms with E-state index in [2.05, 4.69) is 10.6 Å². The van der Waals surface area contributed by atoms with E-state index >= 15 is 0 Å². The van der Waals surface area contributed by atoms with Gasteiger partial charge in [0.05, 0.1) is 11.8 Å². The zero-order chi connectivity index (χ0) is 13.5. The fourth-order valence-corrected chi connectivity index (χ4v) is 1.66. The van der Waals surface area contributed by atoms with Crippen molar-refractivity contribution < 1.29 is 14.3 Å². The Morgan fingerprint density at radius 1 is 1.39 bits per heavy atom. The molecule has 4 nitrogen and oxygen atoms in total. The molecule has 2 unspecified atom stereocenters. The molecule has 1 aromatic rings. The number of urea groups is 1. The molecule has 0 saturated carbocycles. The number of carbonyl (C=O) groups is 1. The molecule has 0 aliphatic rings. The Morgan fingerprint density at radius 2 is 2.06 bits per heavy atom. The third-order valence-electron chi connectivity index (χ3n) is 2.48. The molecule has 5 heteroatoms. The maximum atomic E-state index is 13.2. The van der Waals surface area contributed by atoms with Gasteiger partial charge in [-0.3, -0.25) is 0 Å². The summed E-state index contributed by atoms with van der Waals surface area (Å²) in [6, 6.07) is 5.54. The van der Waals surface area contributed by atoms with E-state index in [1.165, 1.54) is 12.1 Å². The summed E-state index contributed by atoms with van der Waals surface area (Å²) < 4.78 is 13.2. The lowest BCUT2D eigenvalue weighted by Gasteiger charge is -2.14. The summed E-state index contributed by atoms with van der Waals surface area (Å²) >= 11 is 0. The van der Waals surface area contributed by atoms with Crippen molar-refractivity contribution in [3.63, 3.8) is 0 Å². The van der Waals surface area contributed by atoms with Crippen LogP contribution in [-0.2, 0) is 0 Å². The van der Waals surface area contributed by atoms with Crippen LogP contribution in [0.2, 0.25) is 0 Å². The molecule has 0 fully saturated rings. The summed E-state index contributed by atoms with van der Waals surface area (Å²) in [4.78, 5) is 11.5. The lowest BCUT2D eigenvalue weighted by Crippen LogP contribution is -2.33. The number of amides is 2. The van der Waals surface area contributed by atoms with Crippen molar-refractivity contribution in [2.45, 2.75) is 26.4 Å². The van der Waals surface area contributed by atoms with Crippen molar-refractivity contribution in [3.05, 3.63) is 30.1 Å². The van der Waals surface area contributed by atoms with Gasteiger partial charge in [0, 0.05) is 6.54 Å². The lowest BCUT2D eigenvalue weighted by molar-refractivity contribution is 0.163. The minimum absolute atomic E-state index is 0.151. The minimum atomic E-state index is -0.468. The van der Waals surface area contributed by atoms with Gasteiger partial charge in [-0.05, 0) is 31.4 Å². The third kappa shape index (κ3) is 5.14. The highest BCUT2D eigenvalue weighted by Crippen LogP contribution is 2.12. The quantitative estimate of drug-likeness (QED) is 0.755. The van der Waals surface area contributed by atoms with Crippen molar-refractivity contribution in [2.24, 2.45) is 5.92 Å². The molecule has 0 aliphatic heterocycles. The molecule has 2 atom stereocenters. The number of rotatable bonds is 5. The van der Waals surface area contributed by atoms with Crippen LogP contribution in [0.25, 0.3) is 0 Å². The number of hydrogen-bond acceptors (Lipinski definition) is 2. The predicted octanol–water partition coefficient (Wildman–Crippen LogP) is 2.35. The number of aliphatic hydroxyl groups excluding tert-OH is 1. The first-order valence-corrected chi connectivity index (χ1v) is 5.96. The normalized spacial score (nSPS) is 13.8. The fraction of sp³-hybridized carbons (Fsp3) is 0.462. The number of hydrogen-bond donors (Lipinski definition) is 3. The fourth-order valence-electron chi connectivity index (χ4n) is 1.66. The zero-order valence-corrected chi connectivity index (χ0v) is 10.6. The summed E-state index contributed by atoms with van der Waals surface area (Å²) in [6.07, 6.45) is 0.219. The van der Waals surface area contributed by atoms with Gasteiger partial charge >= 0.3 is 6.03 Å². The van der Waals surface area contributed by atoms with Gasteiger partial charge in [0.1, 0.15) is 5.82 Å². The molecule has 0 saturated heterocycles. The smallest absolute Gasteiger partial charge is 0.319 e. The highest BCUT2D eigenvalue weighted by atomic mass is 19.1. The van der Waals surface area contributed by atoms with Crippen molar-refractivity contribution in [1.82, 2.24) is 5.32 Å². The molecule has 2 amide bonds. The number of benzene rings is 1. The van der Waals surface area contributed by atoms with Gasteiger partial charge in [0.15, 0.2) is 0 Å². The van der Waals surface area contributed by atoms with Crippen LogP contribution in [-0.4, -0.2) is 23.8 Å². The maximum Gasteiger partial charge on any atom is 0.319 e. The number of halogens is 1. The van der Waals surface area contributed by atoms with Gasteiger partial charge in [-0.15, -0.1) is 0 Å². The second-order valence-corrected chi connectivity index (χ2v) is 4.50. The first kappa shape index (κ1) is 14.4. The van der Waals surface area contributed by atoms with Gasteiger partial charge in [0.25, 0.3) is 0 Å². The van der Waals surface area contributed by atoms with Crippen LogP contribution in [0.4, 0.5) is 14.9 Å². The second kappa shape index (κ2) is 6.96. The summed E-state index contributed by atoms with van der Waals surface area (Å²) in [5.41, 5.74) is 0.151. The molecule has 0 radical (unpaired) electrons. The number of aliphatic hydroxyl groups is 1. The van der Waals surface area contributed by atoms with Crippen molar-refractivity contribution in [1.29, 1.82) is 0 Å². The Morgan fingerprint density at radius 3 is 2.67 bits per heavy atom. The van der Waals surface area contributed by atoms with Gasteiger partial charge in [-0.2, -0.15) is 0 Å². The van der Waals surface area contributed by atoms with Crippen LogP contribution in [0.1, 0.15) is 20.3 Å². The number of anilines is 1. The topological polar surface area (TPSA) is 61.4 Å². The molecule has 100 valence electrons. The first-order chi connectivity index (χ1) is 8.49. The number of para-hydroxylation sites is 1. The van der Waals surface area contributed by atoms with E-state index in [4.69, 9.17) is 0 Å². The van der Waals surface area contributed by atoms with Crippen LogP contribution in [0.3, 0.4) is 0 Å². The first-order valence-electron chi connectivity index (χ1n) is 5.96. The molecule has 0 spiro atoms. The molecule has 0 aliphatic carbocycles. The summed E-state index contributed by atoms with van der Waals surface area (Å²) in [5, 5.41) is 14.2. The van der Waals surface area contributed by atoms with E-state index < -0.39 is 18.0 Å². The number of carbonyl (C=O) groups excluding carboxylic acids is 1. The van der Waals surface area contributed by atoms with E-state index in [-0.39, 0.29) is 11.6 Å². The standard InChI is InChI=1S/C13H19FN2O2/c1-9(7-10(2)17)8-15-13(18)16-12-6-4-3-5-11(12)14/h3-6,9-10,17H,7-8H2,1-2H3,(H2,15,16,18). The average Bonchev–Trinajstić information content (AvgIpc) is 2.29. The summed E-state index contributed by atoms with van der Waals surface area (Å²) in [6.45, 7) is 4.07. The van der Waals surface area contributed by atoms with E-state index in [1.807, 2.05) is 6.92 Å². The van der Waals surface area contributed by atoms with Crippen molar-refractivity contribution in [3.8, 4) is 0 Å². The number of nitrogens with one attached hydrogen (secondary N) is 2. The second-order valence-electron chi connectivity index (χ2n) is 4.50. The SMILES string of the molecule is CC(O)CC(C)CNC(=O)Nc1ccccc1F. The summed E-state index contributed by atoms with van der Waals surface area (Å²) in [7, 11) is 0. The Kier molecular flexibility index (Phi) is 5.58. The lowest BCUT2D eigenvalue weighted by atomic mass is 10.1. The molecule has 1 aromatic carbocycles. The van der Waals surface area contributed by atoms with Crippen LogP contribution < -0.4 is 10.6 Å². The monoisotopic (exact) mass is 254 g/mol. The highest BCUT2D eigenvalue weighted by Gasteiger charge is 2.09. The van der Waals surface area contributed by atoms with Crippen LogP contribution in [0.5, 0.6) is 0 Å². The van der Waals surface area contributed by atoms with Gasteiger partial charge < -0.3 is 15.7 Å². The maximum absolute atomic E-state index is 13.2. The largest absolute Gasteiger partial charge is 0.393 e. The van der Waals surface area contributed by atoms with E-state index in [1.54, 1.807) is 19.1 Å². The molecule has 18 heavy (non-hydrogen) atoms. The molecule has 0 bridgehead atoms. The van der Waals surface area contributed by atoms with Gasteiger partial charge in [-0.25, -0.2) is 9.18 Å². The average molecular weight is 254 g/mol. The molecule has 3 N–H and O–H groups in total. The van der Waals surface area contributed by atoms with Crippen LogP contribution in [0, 0.1) is 11.7 Å². The summed E-state index contributed by atoms with van der Waals surface area (Å²) in [5.74, 6) is -0.305. The van der Waals surface area contributed by atoms with Crippen LogP contribution in [0.15, 0.2) is 24.3 Å². The molecular weight excluding hydrogens is 235 g/mol. The Bertz CT molecular complexity index is 396. The van der Waals surface area contributed by atoms with E-state index in [0.29, 0.717) is 13.0 Å². The Labute approximate surface area is 106 Å². The van der Waals surface area contributed by atoms with E-state index in [9.17, 15) is 14.3 Å². The van der Waals surface area contributed by atoms with E-state index in [0.717, 1.165) is 0 Å². The molecule has 0 aromatic heterocycles. The van der Waals surface area contributed by atoms with Gasteiger partial charge in [0.2, 0.25) is 0 Å². The zero-order valence-electron chi connectivity index (χ0n) is 10.6.